The van der Waals surface area contributed by atoms with Crippen molar-refractivity contribution >= 4 is 22.3 Å². The lowest BCUT2D eigenvalue weighted by Crippen LogP contribution is -2.27. The summed E-state index contributed by atoms with van der Waals surface area (Å²) in [5, 5.41) is 14.4. The van der Waals surface area contributed by atoms with Crippen molar-refractivity contribution in [1.29, 1.82) is 0 Å². The lowest BCUT2D eigenvalue weighted by Gasteiger charge is -2.17. The van der Waals surface area contributed by atoms with Gasteiger partial charge in [-0.1, -0.05) is 18.2 Å². The highest BCUT2D eigenvalue weighted by Gasteiger charge is 2.42. The molecule has 9 heteroatoms. The Labute approximate surface area is 179 Å². The molecule has 1 aliphatic rings. The van der Waals surface area contributed by atoms with Crippen LogP contribution in [0.2, 0.25) is 0 Å². The zero-order chi connectivity index (χ0) is 21.7. The molecular formula is C22H25N7O2. The van der Waals surface area contributed by atoms with Crippen LogP contribution in [0.15, 0.2) is 47.5 Å². The van der Waals surface area contributed by atoms with E-state index >= 15 is 0 Å². The molecule has 1 aromatic carbocycles. The van der Waals surface area contributed by atoms with Crippen molar-refractivity contribution in [2.75, 3.05) is 18.6 Å². The van der Waals surface area contributed by atoms with Gasteiger partial charge in [0.2, 0.25) is 5.88 Å². The summed E-state index contributed by atoms with van der Waals surface area (Å²) in [5.74, 6) is 1.21. The van der Waals surface area contributed by atoms with E-state index in [-0.39, 0.29) is 5.56 Å². The molecule has 0 amide bonds. The van der Waals surface area contributed by atoms with Gasteiger partial charge in [0.25, 0.3) is 5.56 Å². The molecule has 0 N–H and O–H groups in total. The Bertz CT molecular complexity index is 1320. The number of nitrogens with zero attached hydrogens (tertiary/aromatic N) is 7. The van der Waals surface area contributed by atoms with Gasteiger partial charge in [0.05, 0.1) is 29.7 Å². The molecule has 160 valence electrons. The van der Waals surface area contributed by atoms with Crippen molar-refractivity contribution in [2.45, 2.75) is 12.3 Å². The SMILES string of the molecule is CN(c1cnn(C)c1)c1cc(OC[C@H]2C[C@@H]2c2nn(C)c3ccccc23)nn(C)c1=O. The van der Waals surface area contributed by atoms with Gasteiger partial charge in [-0.3, -0.25) is 14.2 Å². The van der Waals surface area contributed by atoms with Crippen LogP contribution in [-0.4, -0.2) is 43.0 Å². The van der Waals surface area contributed by atoms with E-state index in [1.165, 1.54) is 10.1 Å². The number of anilines is 2. The molecule has 0 unspecified atom stereocenters. The van der Waals surface area contributed by atoms with Crippen LogP contribution in [0.3, 0.4) is 0 Å². The summed E-state index contributed by atoms with van der Waals surface area (Å²) >= 11 is 0. The third kappa shape index (κ3) is 3.45. The lowest BCUT2D eigenvalue weighted by molar-refractivity contribution is 0.278. The first-order chi connectivity index (χ1) is 14.9. The summed E-state index contributed by atoms with van der Waals surface area (Å²) in [6, 6.07) is 10.0. The maximum absolute atomic E-state index is 12.6. The van der Waals surface area contributed by atoms with Gasteiger partial charge in [0.1, 0.15) is 5.69 Å². The molecule has 0 saturated heterocycles. The average molecular weight is 419 g/mol. The number of hydrogen-bond donors (Lipinski definition) is 0. The Morgan fingerprint density at radius 1 is 1.16 bits per heavy atom. The molecule has 0 spiro atoms. The first-order valence-corrected chi connectivity index (χ1v) is 10.3. The predicted molar refractivity (Wildman–Crippen MR) is 118 cm³/mol. The highest BCUT2D eigenvalue weighted by atomic mass is 16.5. The topological polar surface area (TPSA) is 83.0 Å². The van der Waals surface area contributed by atoms with Gasteiger partial charge in [-0.25, -0.2) is 4.68 Å². The van der Waals surface area contributed by atoms with Gasteiger partial charge in [0, 0.05) is 57.7 Å². The van der Waals surface area contributed by atoms with E-state index in [1.54, 1.807) is 28.9 Å². The highest BCUT2D eigenvalue weighted by molar-refractivity contribution is 5.82. The van der Waals surface area contributed by atoms with E-state index in [1.807, 2.05) is 38.1 Å². The molecule has 31 heavy (non-hydrogen) atoms. The number of para-hydroxylation sites is 1. The third-order valence-corrected chi connectivity index (χ3v) is 5.97. The second-order valence-electron chi connectivity index (χ2n) is 8.17. The molecule has 9 nitrogen and oxygen atoms in total. The van der Waals surface area contributed by atoms with Gasteiger partial charge < -0.3 is 9.64 Å². The maximum Gasteiger partial charge on any atom is 0.290 e. The third-order valence-electron chi connectivity index (χ3n) is 5.97. The molecular weight excluding hydrogens is 394 g/mol. The fourth-order valence-corrected chi connectivity index (χ4v) is 4.07. The Hall–Kier alpha value is -3.62. The Balaban J connectivity index is 1.32. The molecule has 3 aromatic heterocycles. The summed E-state index contributed by atoms with van der Waals surface area (Å²) in [5.41, 5.74) is 3.40. The lowest BCUT2D eigenvalue weighted by atomic mass is 10.1. The summed E-state index contributed by atoms with van der Waals surface area (Å²) in [4.78, 5) is 14.4. The number of aryl methyl sites for hydroxylation is 3. The molecule has 0 bridgehead atoms. The molecule has 1 saturated carbocycles. The Morgan fingerprint density at radius 3 is 2.74 bits per heavy atom. The Morgan fingerprint density at radius 2 is 1.97 bits per heavy atom. The van der Waals surface area contributed by atoms with E-state index < -0.39 is 0 Å². The normalized spacial score (nSPS) is 17.8. The van der Waals surface area contributed by atoms with Crippen LogP contribution in [0.4, 0.5) is 11.4 Å². The van der Waals surface area contributed by atoms with Crippen molar-refractivity contribution in [3.05, 3.63) is 58.8 Å². The predicted octanol–water partition coefficient (Wildman–Crippen LogP) is 2.35. The van der Waals surface area contributed by atoms with Gasteiger partial charge in [0.15, 0.2) is 0 Å². The number of hydrogen-bond acceptors (Lipinski definition) is 6. The number of fused-ring (bicyclic) bond motifs is 1. The standard InChI is InChI=1S/C22H25N7O2/c1-26-12-15(11-23-26)27(2)19-10-20(24-29(4)22(19)30)31-13-14-9-17(14)21-16-7-5-6-8-18(16)28(3)25-21/h5-8,10-12,14,17H,9,13H2,1-4H3/t14-,17+/m1/s1. The van der Waals surface area contributed by atoms with Crippen LogP contribution >= 0.6 is 0 Å². The summed E-state index contributed by atoms with van der Waals surface area (Å²) < 4.78 is 11.0. The monoisotopic (exact) mass is 419 g/mol. The van der Waals surface area contributed by atoms with E-state index in [4.69, 9.17) is 9.84 Å². The minimum Gasteiger partial charge on any atom is -0.476 e. The van der Waals surface area contributed by atoms with Gasteiger partial charge >= 0.3 is 0 Å². The maximum atomic E-state index is 12.6. The molecule has 3 heterocycles. The van der Waals surface area contributed by atoms with Crippen LogP contribution in [0.25, 0.3) is 10.9 Å². The number of rotatable bonds is 6. The molecule has 0 radical (unpaired) electrons. The minimum absolute atomic E-state index is 0.192. The first-order valence-electron chi connectivity index (χ1n) is 10.3. The zero-order valence-electron chi connectivity index (χ0n) is 18.1. The first kappa shape index (κ1) is 19.3. The second-order valence-corrected chi connectivity index (χ2v) is 8.17. The van der Waals surface area contributed by atoms with Gasteiger partial charge in [-0.05, 0) is 12.5 Å². The van der Waals surface area contributed by atoms with Crippen molar-refractivity contribution in [2.24, 2.45) is 27.1 Å². The fourth-order valence-electron chi connectivity index (χ4n) is 4.07. The summed E-state index contributed by atoms with van der Waals surface area (Å²) in [6.45, 7) is 0.539. The van der Waals surface area contributed by atoms with E-state index in [0.29, 0.717) is 30.0 Å². The summed E-state index contributed by atoms with van der Waals surface area (Å²) in [6.07, 6.45) is 4.61. The largest absolute Gasteiger partial charge is 0.476 e. The average Bonchev–Trinajstić information content (AvgIpc) is 3.28. The van der Waals surface area contributed by atoms with Gasteiger partial charge in [-0.15, -0.1) is 5.10 Å². The second kappa shape index (κ2) is 7.26. The van der Waals surface area contributed by atoms with E-state index in [2.05, 4.69) is 28.4 Å². The summed E-state index contributed by atoms with van der Waals surface area (Å²) in [7, 11) is 7.29. The molecule has 1 fully saturated rings. The fraction of sp³-hybridized carbons (Fsp3) is 0.364. The van der Waals surface area contributed by atoms with Crippen LogP contribution in [0.5, 0.6) is 5.88 Å². The highest BCUT2D eigenvalue weighted by Crippen LogP contribution is 2.48. The molecule has 1 aliphatic carbocycles. The van der Waals surface area contributed by atoms with Crippen molar-refractivity contribution < 1.29 is 4.74 Å². The van der Waals surface area contributed by atoms with Crippen LogP contribution in [-0.2, 0) is 21.1 Å². The molecule has 4 aromatic rings. The molecule has 5 rings (SSSR count). The number of aromatic nitrogens is 6. The van der Waals surface area contributed by atoms with E-state index in [9.17, 15) is 4.79 Å². The van der Waals surface area contributed by atoms with Crippen LogP contribution in [0.1, 0.15) is 18.0 Å². The zero-order valence-corrected chi connectivity index (χ0v) is 18.1. The number of ether oxygens (including phenoxy) is 1. The van der Waals surface area contributed by atoms with Gasteiger partial charge in [-0.2, -0.15) is 10.2 Å². The number of benzene rings is 1. The Kier molecular flexibility index (Phi) is 4.53. The van der Waals surface area contributed by atoms with Crippen LogP contribution < -0.4 is 15.2 Å². The van der Waals surface area contributed by atoms with Crippen molar-refractivity contribution in [3.63, 3.8) is 0 Å². The smallest absolute Gasteiger partial charge is 0.290 e. The van der Waals surface area contributed by atoms with Crippen LogP contribution in [0, 0.1) is 5.92 Å². The van der Waals surface area contributed by atoms with E-state index in [0.717, 1.165) is 23.3 Å². The quantitative estimate of drug-likeness (QED) is 0.477. The minimum atomic E-state index is -0.192. The van der Waals surface area contributed by atoms with Crippen molar-refractivity contribution in [3.8, 4) is 5.88 Å². The molecule has 2 atom stereocenters. The van der Waals surface area contributed by atoms with Crippen molar-refractivity contribution in [1.82, 2.24) is 29.3 Å². The molecule has 0 aliphatic heterocycles.